The highest BCUT2D eigenvalue weighted by molar-refractivity contribution is 9.10. The number of fused-ring (bicyclic) bond motifs is 1. The summed E-state index contributed by atoms with van der Waals surface area (Å²) in [5.41, 5.74) is 7.47. The van der Waals surface area contributed by atoms with Crippen LogP contribution in [0.5, 0.6) is 0 Å². The Kier molecular flexibility index (Phi) is 3.27. The third kappa shape index (κ3) is 2.53. The first-order valence-electron chi connectivity index (χ1n) is 5.76. The average Bonchev–Trinajstić information content (AvgIpc) is 2.62. The molecule has 1 unspecified atom stereocenters. The van der Waals surface area contributed by atoms with E-state index in [2.05, 4.69) is 27.3 Å². The van der Waals surface area contributed by atoms with Gasteiger partial charge in [-0.2, -0.15) is 0 Å². The first-order chi connectivity index (χ1) is 7.89. The molecule has 0 fully saturated rings. The minimum atomic E-state index is -0.825. The molecule has 2 rings (SSSR count). The molecule has 3 nitrogen and oxygen atoms in total. The fourth-order valence-corrected chi connectivity index (χ4v) is 2.68. The van der Waals surface area contributed by atoms with Crippen LogP contribution >= 0.6 is 15.9 Å². The van der Waals surface area contributed by atoms with Gasteiger partial charge in [-0.1, -0.05) is 28.1 Å². The second-order valence-corrected chi connectivity index (χ2v) is 5.95. The maximum absolute atomic E-state index is 11.9. The fourth-order valence-electron chi connectivity index (χ4n) is 2.10. The van der Waals surface area contributed by atoms with Crippen LogP contribution in [0.15, 0.2) is 22.7 Å². The number of hydrogen-bond acceptors (Lipinski definition) is 2. The standard InChI is InChI=1S/C13H17BrN2O/c1-13(2,15)12(17)16-11-7-6-8-9(11)4-3-5-10(8)14/h3-5,11H,6-7,15H2,1-2H3,(H,16,17). The molecule has 3 N–H and O–H groups in total. The molecular formula is C13H17BrN2O. The number of benzene rings is 1. The predicted molar refractivity (Wildman–Crippen MR) is 71.6 cm³/mol. The Balaban J connectivity index is 2.18. The zero-order valence-corrected chi connectivity index (χ0v) is 11.7. The molecule has 0 saturated heterocycles. The van der Waals surface area contributed by atoms with Crippen LogP contribution in [-0.4, -0.2) is 11.4 Å². The van der Waals surface area contributed by atoms with E-state index in [1.807, 2.05) is 12.1 Å². The number of halogens is 1. The van der Waals surface area contributed by atoms with Crippen LogP contribution in [0.4, 0.5) is 0 Å². The van der Waals surface area contributed by atoms with Gasteiger partial charge in [-0.15, -0.1) is 0 Å². The predicted octanol–water partition coefficient (Wildman–Crippen LogP) is 2.29. The highest BCUT2D eigenvalue weighted by Crippen LogP contribution is 2.35. The van der Waals surface area contributed by atoms with E-state index >= 15 is 0 Å². The second-order valence-electron chi connectivity index (χ2n) is 5.09. The third-order valence-electron chi connectivity index (χ3n) is 3.10. The molecule has 1 aromatic rings. The van der Waals surface area contributed by atoms with Crippen molar-refractivity contribution < 1.29 is 4.79 Å². The molecule has 1 atom stereocenters. The lowest BCUT2D eigenvalue weighted by Gasteiger charge is -2.22. The van der Waals surface area contributed by atoms with Crippen LogP contribution in [0.3, 0.4) is 0 Å². The minimum absolute atomic E-state index is 0.0952. The summed E-state index contributed by atoms with van der Waals surface area (Å²) in [7, 11) is 0. The summed E-state index contributed by atoms with van der Waals surface area (Å²) in [5, 5.41) is 3.02. The monoisotopic (exact) mass is 296 g/mol. The lowest BCUT2D eigenvalue weighted by atomic mass is 10.0. The first kappa shape index (κ1) is 12.6. The lowest BCUT2D eigenvalue weighted by molar-refractivity contribution is -0.126. The van der Waals surface area contributed by atoms with Crippen LogP contribution in [-0.2, 0) is 11.2 Å². The van der Waals surface area contributed by atoms with E-state index in [1.165, 1.54) is 11.1 Å². The number of amides is 1. The summed E-state index contributed by atoms with van der Waals surface area (Å²) >= 11 is 3.54. The normalized spacial score (nSPS) is 18.9. The summed E-state index contributed by atoms with van der Waals surface area (Å²) in [6.45, 7) is 3.44. The number of hydrogen-bond donors (Lipinski definition) is 2. The van der Waals surface area contributed by atoms with Gasteiger partial charge in [0.25, 0.3) is 0 Å². The second kappa shape index (κ2) is 4.42. The Labute approximate surface area is 110 Å². The fraction of sp³-hybridized carbons (Fsp3) is 0.462. The highest BCUT2D eigenvalue weighted by Gasteiger charge is 2.29. The lowest BCUT2D eigenvalue weighted by Crippen LogP contribution is -2.49. The van der Waals surface area contributed by atoms with Gasteiger partial charge in [-0.25, -0.2) is 0 Å². The van der Waals surface area contributed by atoms with Crippen molar-refractivity contribution >= 4 is 21.8 Å². The number of nitrogens with two attached hydrogens (primary N) is 1. The van der Waals surface area contributed by atoms with Gasteiger partial charge >= 0.3 is 0 Å². The molecule has 0 heterocycles. The molecule has 0 radical (unpaired) electrons. The van der Waals surface area contributed by atoms with E-state index < -0.39 is 5.54 Å². The van der Waals surface area contributed by atoms with Gasteiger partial charge in [0.1, 0.15) is 0 Å². The van der Waals surface area contributed by atoms with Crippen molar-refractivity contribution in [3.8, 4) is 0 Å². The number of carbonyl (C=O) groups excluding carboxylic acids is 1. The van der Waals surface area contributed by atoms with E-state index in [9.17, 15) is 4.79 Å². The quantitative estimate of drug-likeness (QED) is 0.880. The average molecular weight is 297 g/mol. The largest absolute Gasteiger partial charge is 0.348 e. The summed E-state index contributed by atoms with van der Waals surface area (Å²) in [4.78, 5) is 11.9. The smallest absolute Gasteiger partial charge is 0.239 e. The summed E-state index contributed by atoms with van der Waals surface area (Å²) in [6, 6.07) is 6.20. The molecule has 0 spiro atoms. The molecule has 0 saturated carbocycles. The van der Waals surface area contributed by atoms with Crippen LogP contribution < -0.4 is 11.1 Å². The van der Waals surface area contributed by atoms with E-state index in [0.717, 1.165) is 17.3 Å². The zero-order valence-electron chi connectivity index (χ0n) is 10.1. The van der Waals surface area contributed by atoms with E-state index in [4.69, 9.17) is 5.73 Å². The van der Waals surface area contributed by atoms with Crippen LogP contribution in [0, 0.1) is 0 Å². The van der Waals surface area contributed by atoms with Crippen molar-refractivity contribution in [2.45, 2.75) is 38.3 Å². The summed E-state index contributed by atoms with van der Waals surface area (Å²) < 4.78 is 1.12. The molecule has 92 valence electrons. The zero-order chi connectivity index (χ0) is 12.6. The van der Waals surface area contributed by atoms with Crippen molar-refractivity contribution in [2.24, 2.45) is 5.73 Å². The van der Waals surface area contributed by atoms with E-state index in [1.54, 1.807) is 13.8 Å². The molecule has 1 aliphatic rings. The van der Waals surface area contributed by atoms with Gasteiger partial charge in [0, 0.05) is 4.47 Å². The summed E-state index contributed by atoms with van der Waals surface area (Å²) in [5.74, 6) is -0.102. The highest BCUT2D eigenvalue weighted by atomic mass is 79.9. The van der Waals surface area contributed by atoms with Crippen molar-refractivity contribution in [3.63, 3.8) is 0 Å². The van der Waals surface area contributed by atoms with Crippen LogP contribution in [0.2, 0.25) is 0 Å². The Hall–Kier alpha value is -0.870. The number of carbonyl (C=O) groups is 1. The molecular weight excluding hydrogens is 280 g/mol. The Morgan fingerprint density at radius 3 is 2.88 bits per heavy atom. The Morgan fingerprint density at radius 1 is 1.53 bits per heavy atom. The molecule has 4 heteroatoms. The Morgan fingerprint density at radius 2 is 2.24 bits per heavy atom. The van der Waals surface area contributed by atoms with E-state index in [0.29, 0.717) is 0 Å². The summed E-state index contributed by atoms with van der Waals surface area (Å²) in [6.07, 6.45) is 1.94. The van der Waals surface area contributed by atoms with Crippen molar-refractivity contribution in [1.29, 1.82) is 0 Å². The van der Waals surface area contributed by atoms with Gasteiger partial charge in [0.2, 0.25) is 5.91 Å². The maximum Gasteiger partial charge on any atom is 0.239 e. The van der Waals surface area contributed by atoms with Gasteiger partial charge in [0.15, 0.2) is 0 Å². The first-order valence-corrected chi connectivity index (χ1v) is 6.56. The molecule has 1 aromatic carbocycles. The SMILES string of the molecule is CC(C)(N)C(=O)NC1CCc2c(Br)cccc21. The van der Waals surface area contributed by atoms with Gasteiger partial charge < -0.3 is 11.1 Å². The van der Waals surface area contributed by atoms with Crippen molar-refractivity contribution in [2.75, 3.05) is 0 Å². The number of nitrogens with one attached hydrogen (secondary N) is 1. The van der Waals surface area contributed by atoms with Gasteiger partial charge in [0.05, 0.1) is 11.6 Å². The molecule has 17 heavy (non-hydrogen) atoms. The third-order valence-corrected chi connectivity index (χ3v) is 3.85. The maximum atomic E-state index is 11.9. The molecule has 1 amide bonds. The molecule has 0 aliphatic heterocycles. The van der Waals surface area contributed by atoms with Crippen molar-refractivity contribution in [1.82, 2.24) is 5.32 Å². The minimum Gasteiger partial charge on any atom is -0.348 e. The molecule has 0 aromatic heterocycles. The number of rotatable bonds is 2. The molecule has 0 bridgehead atoms. The molecule has 1 aliphatic carbocycles. The van der Waals surface area contributed by atoms with Crippen molar-refractivity contribution in [3.05, 3.63) is 33.8 Å². The Bertz CT molecular complexity index is 451. The van der Waals surface area contributed by atoms with E-state index in [-0.39, 0.29) is 11.9 Å². The van der Waals surface area contributed by atoms with Crippen LogP contribution in [0.1, 0.15) is 37.4 Å². The van der Waals surface area contributed by atoms with Gasteiger partial charge in [-0.05, 0) is 43.9 Å². The van der Waals surface area contributed by atoms with Crippen LogP contribution in [0.25, 0.3) is 0 Å². The van der Waals surface area contributed by atoms with Gasteiger partial charge in [-0.3, -0.25) is 4.79 Å². The topological polar surface area (TPSA) is 55.1 Å².